The Morgan fingerprint density at radius 1 is 1.12 bits per heavy atom. The minimum absolute atomic E-state index is 0.137. The highest BCUT2D eigenvalue weighted by molar-refractivity contribution is 6.37. The number of likely N-dealkylation sites (N-methyl/N-ethyl adjacent to an activating group) is 1. The lowest BCUT2D eigenvalue weighted by atomic mass is 10.1. The molecule has 2 aromatic rings. The molecule has 5 nitrogen and oxygen atoms in total. The van der Waals surface area contributed by atoms with Crippen molar-refractivity contribution in [1.29, 1.82) is 0 Å². The number of amides is 1. The number of para-hydroxylation sites is 1. The molecule has 1 amide bonds. The molecule has 0 fully saturated rings. The van der Waals surface area contributed by atoms with E-state index >= 15 is 0 Å². The average molecular weight is 396 g/mol. The maximum Gasteiger partial charge on any atom is 0.260 e. The number of hydrogen-bond donors (Lipinski definition) is 0. The van der Waals surface area contributed by atoms with Gasteiger partial charge in [-0.3, -0.25) is 4.79 Å². The van der Waals surface area contributed by atoms with Crippen LogP contribution in [-0.4, -0.2) is 37.2 Å². The zero-order valence-electron chi connectivity index (χ0n) is 14.3. The van der Waals surface area contributed by atoms with Gasteiger partial charge in [-0.2, -0.15) is 0 Å². The predicted molar refractivity (Wildman–Crippen MR) is 100 cm³/mol. The van der Waals surface area contributed by atoms with Crippen LogP contribution in [0.5, 0.6) is 17.2 Å². The van der Waals surface area contributed by atoms with E-state index in [1.54, 1.807) is 23.1 Å². The fraction of sp³-hybridized carbons (Fsp3) is 0.316. The van der Waals surface area contributed by atoms with E-state index < -0.39 is 0 Å². The van der Waals surface area contributed by atoms with Crippen LogP contribution in [-0.2, 0) is 11.3 Å². The molecule has 3 rings (SSSR count). The maximum absolute atomic E-state index is 12.5. The van der Waals surface area contributed by atoms with Gasteiger partial charge in [0.15, 0.2) is 23.9 Å². The molecule has 0 spiro atoms. The van der Waals surface area contributed by atoms with Crippen LogP contribution < -0.4 is 14.2 Å². The Hall–Kier alpha value is -2.11. The summed E-state index contributed by atoms with van der Waals surface area (Å²) in [4.78, 5) is 14.2. The largest absolute Gasteiger partial charge is 0.486 e. The van der Waals surface area contributed by atoms with E-state index in [1.165, 1.54) is 0 Å². The monoisotopic (exact) mass is 395 g/mol. The third kappa shape index (κ3) is 4.34. The lowest BCUT2D eigenvalue weighted by Gasteiger charge is -2.23. The van der Waals surface area contributed by atoms with Gasteiger partial charge in [0.1, 0.15) is 13.2 Å². The Balaban J connectivity index is 1.64. The molecule has 138 valence electrons. The van der Waals surface area contributed by atoms with Crippen LogP contribution in [0.25, 0.3) is 0 Å². The van der Waals surface area contributed by atoms with Crippen molar-refractivity contribution in [2.24, 2.45) is 0 Å². The Bertz CT molecular complexity index is 777. The number of benzene rings is 2. The first-order valence-electron chi connectivity index (χ1n) is 8.31. The lowest BCUT2D eigenvalue weighted by molar-refractivity contribution is -0.133. The molecule has 0 aromatic heterocycles. The summed E-state index contributed by atoms with van der Waals surface area (Å²) < 4.78 is 16.6. The van der Waals surface area contributed by atoms with Gasteiger partial charge in [0, 0.05) is 13.1 Å². The summed E-state index contributed by atoms with van der Waals surface area (Å²) in [5.41, 5.74) is 0.959. The second-order valence-corrected chi connectivity index (χ2v) is 6.54. The molecule has 1 aliphatic heterocycles. The SMILES string of the molecule is CCN(Cc1ccc2c(c1)OCCO2)C(=O)COc1c(Cl)cccc1Cl. The van der Waals surface area contributed by atoms with E-state index in [-0.39, 0.29) is 12.5 Å². The highest BCUT2D eigenvalue weighted by Crippen LogP contribution is 2.33. The maximum atomic E-state index is 12.5. The first-order chi connectivity index (χ1) is 12.6. The van der Waals surface area contributed by atoms with Crippen LogP contribution in [0.4, 0.5) is 0 Å². The number of ether oxygens (including phenoxy) is 3. The molecule has 0 unspecified atom stereocenters. The van der Waals surface area contributed by atoms with Crippen LogP contribution >= 0.6 is 23.2 Å². The van der Waals surface area contributed by atoms with Crippen molar-refractivity contribution in [2.75, 3.05) is 26.4 Å². The number of halogens is 2. The van der Waals surface area contributed by atoms with Crippen molar-refractivity contribution in [3.05, 3.63) is 52.0 Å². The quantitative estimate of drug-likeness (QED) is 0.735. The first-order valence-corrected chi connectivity index (χ1v) is 9.07. The van der Waals surface area contributed by atoms with E-state index in [9.17, 15) is 4.79 Å². The predicted octanol–water partition coefficient (Wildman–Crippen LogP) is 4.19. The zero-order valence-corrected chi connectivity index (χ0v) is 15.8. The smallest absolute Gasteiger partial charge is 0.260 e. The van der Waals surface area contributed by atoms with E-state index in [0.29, 0.717) is 47.8 Å². The van der Waals surface area contributed by atoms with Crippen molar-refractivity contribution in [3.63, 3.8) is 0 Å². The Morgan fingerprint density at radius 2 is 1.81 bits per heavy atom. The molecule has 1 aliphatic rings. The van der Waals surface area contributed by atoms with Crippen LogP contribution in [0, 0.1) is 0 Å². The Morgan fingerprint density at radius 3 is 2.50 bits per heavy atom. The van der Waals surface area contributed by atoms with E-state index in [1.807, 2.05) is 25.1 Å². The van der Waals surface area contributed by atoms with E-state index in [4.69, 9.17) is 37.4 Å². The Labute approximate surface area is 162 Å². The molecule has 0 saturated carbocycles. The molecule has 0 saturated heterocycles. The normalized spacial score (nSPS) is 12.6. The van der Waals surface area contributed by atoms with Gasteiger partial charge < -0.3 is 19.1 Å². The number of rotatable bonds is 6. The number of carbonyl (C=O) groups is 1. The van der Waals surface area contributed by atoms with Gasteiger partial charge in [-0.25, -0.2) is 0 Å². The number of nitrogens with zero attached hydrogens (tertiary/aromatic N) is 1. The third-order valence-electron chi connectivity index (χ3n) is 3.97. The van der Waals surface area contributed by atoms with E-state index in [2.05, 4.69) is 0 Å². The third-order valence-corrected chi connectivity index (χ3v) is 4.57. The van der Waals surface area contributed by atoms with E-state index in [0.717, 1.165) is 11.3 Å². The van der Waals surface area contributed by atoms with Crippen LogP contribution in [0.3, 0.4) is 0 Å². The van der Waals surface area contributed by atoms with Crippen LogP contribution in [0.2, 0.25) is 10.0 Å². The molecule has 2 aromatic carbocycles. The highest BCUT2D eigenvalue weighted by Gasteiger charge is 2.17. The standard InChI is InChI=1S/C19H19Cl2NO4/c1-2-22(11-13-6-7-16-17(10-13)25-9-8-24-16)18(23)12-26-19-14(20)4-3-5-15(19)21/h3-7,10H,2,8-9,11-12H2,1H3. The molecule has 0 bridgehead atoms. The summed E-state index contributed by atoms with van der Waals surface area (Å²) >= 11 is 12.1. The topological polar surface area (TPSA) is 48.0 Å². The summed E-state index contributed by atoms with van der Waals surface area (Å²) in [5, 5.41) is 0.750. The number of fused-ring (bicyclic) bond motifs is 1. The minimum atomic E-state index is -0.154. The zero-order chi connectivity index (χ0) is 18.5. The molecule has 0 atom stereocenters. The Kier molecular flexibility index (Phi) is 6.12. The second kappa shape index (κ2) is 8.52. The summed E-state index contributed by atoms with van der Waals surface area (Å²) in [6, 6.07) is 10.7. The summed E-state index contributed by atoms with van der Waals surface area (Å²) in [7, 11) is 0. The van der Waals surface area contributed by atoms with Crippen molar-refractivity contribution in [1.82, 2.24) is 4.90 Å². The fourth-order valence-electron chi connectivity index (χ4n) is 2.63. The van der Waals surface area contributed by atoms with Crippen LogP contribution in [0.1, 0.15) is 12.5 Å². The summed E-state index contributed by atoms with van der Waals surface area (Å²) in [5.74, 6) is 1.60. The van der Waals surface area contributed by atoms with Crippen molar-refractivity contribution >= 4 is 29.1 Å². The first kappa shape index (κ1) is 18.7. The van der Waals surface area contributed by atoms with Crippen LogP contribution in [0.15, 0.2) is 36.4 Å². The summed E-state index contributed by atoms with van der Waals surface area (Å²) in [6.07, 6.45) is 0. The summed E-state index contributed by atoms with van der Waals surface area (Å²) in [6.45, 7) is 3.85. The highest BCUT2D eigenvalue weighted by atomic mass is 35.5. The van der Waals surface area contributed by atoms with Gasteiger partial charge >= 0.3 is 0 Å². The molecule has 26 heavy (non-hydrogen) atoms. The van der Waals surface area contributed by atoms with Gasteiger partial charge in [0.2, 0.25) is 0 Å². The molecule has 0 radical (unpaired) electrons. The molecule has 7 heteroatoms. The minimum Gasteiger partial charge on any atom is -0.486 e. The van der Waals surface area contributed by atoms with Gasteiger partial charge in [0.25, 0.3) is 5.91 Å². The van der Waals surface area contributed by atoms with Crippen molar-refractivity contribution in [2.45, 2.75) is 13.5 Å². The van der Waals surface area contributed by atoms with Gasteiger partial charge in [-0.1, -0.05) is 35.3 Å². The van der Waals surface area contributed by atoms with Crippen molar-refractivity contribution in [3.8, 4) is 17.2 Å². The molecular formula is C19H19Cl2NO4. The molecule has 0 aliphatic carbocycles. The lowest BCUT2D eigenvalue weighted by Crippen LogP contribution is -2.34. The van der Waals surface area contributed by atoms with Crippen molar-refractivity contribution < 1.29 is 19.0 Å². The number of hydrogen-bond acceptors (Lipinski definition) is 4. The molecular weight excluding hydrogens is 377 g/mol. The second-order valence-electron chi connectivity index (χ2n) is 5.73. The van der Waals surface area contributed by atoms with Gasteiger partial charge in [-0.15, -0.1) is 0 Å². The fourth-order valence-corrected chi connectivity index (χ4v) is 3.14. The molecule has 1 heterocycles. The van der Waals surface area contributed by atoms with Gasteiger partial charge in [0.05, 0.1) is 10.0 Å². The average Bonchev–Trinajstić information content (AvgIpc) is 2.65. The number of carbonyl (C=O) groups excluding carboxylic acids is 1. The molecule has 0 N–H and O–H groups in total. The van der Waals surface area contributed by atoms with Gasteiger partial charge in [-0.05, 0) is 36.8 Å².